The van der Waals surface area contributed by atoms with Gasteiger partial charge in [-0.1, -0.05) is 0 Å². The quantitative estimate of drug-likeness (QED) is 0.616. The maximum absolute atomic E-state index is 12.2. The van der Waals surface area contributed by atoms with E-state index in [0.29, 0.717) is 12.8 Å². The van der Waals surface area contributed by atoms with E-state index in [1.807, 2.05) is 0 Å². The number of nitro benzene ring substituents is 1. The summed E-state index contributed by atoms with van der Waals surface area (Å²) in [4.78, 5) is 22.6. The molecule has 1 aliphatic carbocycles. The zero-order chi connectivity index (χ0) is 15.6. The largest absolute Gasteiger partial charge is 0.493 e. The Morgan fingerprint density at radius 3 is 2.38 bits per heavy atom. The summed E-state index contributed by atoms with van der Waals surface area (Å²) in [5.41, 5.74) is -0.455. The van der Waals surface area contributed by atoms with Gasteiger partial charge in [-0.2, -0.15) is 0 Å². The number of carbonyl (C=O) groups excluding carboxylic acids is 1. The second kappa shape index (κ2) is 5.96. The monoisotopic (exact) mass is 296 g/mol. The molecule has 2 N–H and O–H groups in total. The van der Waals surface area contributed by atoms with Gasteiger partial charge in [-0.15, -0.1) is 0 Å². The summed E-state index contributed by atoms with van der Waals surface area (Å²) >= 11 is 0. The van der Waals surface area contributed by atoms with Crippen molar-refractivity contribution in [1.29, 1.82) is 0 Å². The molecule has 8 heteroatoms. The fraction of sp³-hybridized carbons (Fsp3) is 0.462. The first-order valence-electron chi connectivity index (χ1n) is 6.35. The van der Waals surface area contributed by atoms with Gasteiger partial charge in [0.25, 0.3) is 11.6 Å². The number of benzene rings is 1. The van der Waals surface area contributed by atoms with Gasteiger partial charge in [0.05, 0.1) is 31.3 Å². The van der Waals surface area contributed by atoms with Crippen LogP contribution in [0.15, 0.2) is 12.1 Å². The number of hydrogen-bond acceptors (Lipinski definition) is 6. The Morgan fingerprint density at radius 1 is 1.33 bits per heavy atom. The highest BCUT2D eigenvalue weighted by molar-refractivity contribution is 5.99. The molecule has 1 saturated carbocycles. The van der Waals surface area contributed by atoms with Crippen LogP contribution in [0, 0.1) is 10.1 Å². The van der Waals surface area contributed by atoms with Gasteiger partial charge < -0.3 is 19.9 Å². The molecule has 1 aromatic carbocycles. The van der Waals surface area contributed by atoms with Crippen LogP contribution in [0.2, 0.25) is 0 Å². The van der Waals surface area contributed by atoms with Gasteiger partial charge in [0.1, 0.15) is 5.56 Å². The molecule has 0 aliphatic heterocycles. The second-order valence-electron chi connectivity index (χ2n) is 4.78. The van der Waals surface area contributed by atoms with Crippen LogP contribution in [-0.4, -0.2) is 42.3 Å². The van der Waals surface area contributed by atoms with Crippen molar-refractivity contribution in [3.8, 4) is 11.5 Å². The van der Waals surface area contributed by atoms with Crippen molar-refractivity contribution in [2.75, 3.05) is 14.2 Å². The lowest BCUT2D eigenvalue weighted by molar-refractivity contribution is -0.385. The topological polar surface area (TPSA) is 111 Å². The van der Waals surface area contributed by atoms with E-state index in [9.17, 15) is 20.0 Å². The lowest BCUT2D eigenvalue weighted by atomic mass is 9.89. The molecule has 1 aromatic rings. The fourth-order valence-electron chi connectivity index (χ4n) is 2.17. The van der Waals surface area contributed by atoms with Gasteiger partial charge in [-0.05, 0) is 12.8 Å². The van der Waals surface area contributed by atoms with Crippen LogP contribution < -0.4 is 14.8 Å². The molecule has 21 heavy (non-hydrogen) atoms. The van der Waals surface area contributed by atoms with Crippen molar-refractivity contribution in [2.45, 2.75) is 25.0 Å². The van der Waals surface area contributed by atoms with E-state index in [0.717, 1.165) is 6.07 Å². The van der Waals surface area contributed by atoms with Gasteiger partial charge in [-0.25, -0.2) is 0 Å². The summed E-state index contributed by atoms with van der Waals surface area (Å²) in [6, 6.07) is 2.27. The summed E-state index contributed by atoms with van der Waals surface area (Å²) in [6.07, 6.45) is 0.482. The van der Waals surface area contributed by atoms with E-state index in [-0.39, 0.29) is 28.8 Å². The van der Waals surface area contributed by atoms with E-state index in [4.69, 9.17) is 9.47 Å². The van der Waals surface area contributed by atoms with Crippen LogP contribution in [0.3, 0.4) is 0 Å². The molecule has 0 aromatic heterocycles. The Labute approximate surface area is 120 Å². The number of methoxy groups -OCH3 is 2. The number of rotatable bonds is 5. The van der Waals surface area contributed by atoms with E-state index in [2.05, 4.69) is 5.32 Å². The van der Waals surface area contributed by atoms with Crippen molar-refractivity contribution in [2.24, 2.45) is 0 Å². The van der Waals surface area contributed by atoms with Gasteiger partial charge in [0.2, 0.25) is 0 Å². The molecule has 0 spiro atoms. The van der Waals surface area contributed by atoms with E-state index in [1.54, 1.807) is 0 Å². The minimum Gasteiger partial charge on any atom is -0.493 e. The van der Waals surface area contributed by atoms with Crippen molar-refractivity contribution in [1.82, 2.24) is 5.32 Å². The average molecular weight is 296 g/mol. The Morgan fingerprint density at radius 2 is 1.90 bits per heavy atom. The molecular formula is C13H16N2O6. The summed E-state index contributed by atoms with van der Waals surface area (Å²) in [5, 5.41) is 23.0. The fourth-order valence-corrected chi connectivity index (χ4v) is 2.17. The summed E-state index contributed by atoms with van der Waals surface area (Å²) in [5.74, 6) is -0.152. The van der Waals surface area contributed by atoms with Crippen LogP contribution in [0.1, 0.15) is 23.2 Å². The highest BCUT2D eigenvalue weighted by Gasteiger charge is 2.31. The smallest absolute Gasteiger partial charge is 0.286 e. The Balaban J connectivity index is 2.31. The minimum atomic E-state index is -0.646. The summed E-state index contributed by atoms with van der Waals surface area (Å²) in [6.45, 7) is 0. The molecule has 1 fully saturated rings. The Kier molecular flexibility index (Phi) is 4.27. The molecular weight excluding hydrogens is 280 g/mol. The predicted molar refractivity (Wildman–Crippen MR) is 72.7 cm³/mol. The van der Waals surface area contributed by atoms with E-state index >= 15 is 0 Å². The first kappa shape index (κ1) is 15.0. The molecule has 1 aliphatic rings. The van der Waals surface area contributed by atoms with Crippen molar-refractivity contribution < 1.29 is 24.3 Å². The van der Waals surface area contributed by atoms with Crippen LogP contribution in [0.25, 0.3) is 0 Å². The number of nitrogens with one attached hydrogen (secondary N) is 1. The number of nitro groups is 1. The van der Waals surface area contributed by atoms with Crippen LogP contribution in [-0.2, 0) is 0 Å². The lowest BCUT2D eigenvalue weighted by Gasteiger charge is -2.31. The van der Waals surface area contributed by atoms with Crippen molar-refractivity contribution in [3.63, 3.8) is 0 Å². The molecule has 0 atom stereocenters. The third-order valence-corrected chi connectivity index (χ3v) is 3.39. The zero-order valence-electron chi connectivity index (χ0n) is 11.7. The number of aliphatic hydroxyl groups is 1. The molecule has 1 amide bonds. The van der Waals surface area contributed by atoms with Crippen LogP contribution >= 0.6 is 0 Å². The summed E-state index contributed by atoms with van der Waals surface area (Å²) in [7, 11) is 2.74. The van der Waals surface area contributed by atoms with Gasteiger partial charge >= 0.3 is 0 Å². The van der Waals surface area contributed by atoms with Crippen molar-refractivity contribution in [3.05, 3.63) is 27.8 Å². The first-order chi connectivity index (χ1) is 9.96. The second-order valence-corrected chi connectivity index (χ2v) is 4.78. The Hall–Kier alpha value is -2.35. The molecule has 0 heterocycles. The number of amides is 1. The number of aliphatic hydroxyl groups excluding tert-OH is 1. The van der Waals surface area contributed by atoms with Gasteiger partial charge in [0.15, 0.2) is 11.5 Å². The molecule has 114 valence electrons. The molecule has 2 rings (SSSR count). The maximum Gasteiger partial charge on any atom is 0.286 e. The molecule has 0 radical (unpaired) electrons. The highest BCUT2D eigenvalue weighted by atomic mass is 16.6. The zero-order valence-corrected chi connectivity index (χ0v) is 11.7. The van der Waals surface area contributed by atoms with Crippen molar-refractivity contribution >= 4 is 11.6 Å². The minimum absolute atomic E-state index is 0.0981. The van der Waals surface area contributed by atoms with E-state index in [1.165, 1.54) is 20.3 Å². The molecule has 8 nitrogen and oxygen atoms in total. The first-order valence-corrected chi connectivity index (χ1v) is 6.35. The molecule has 0 saturated heterocycles. The van der Waals surface area contributed by atoms with Gasteiger partial charge in [-0.3, -0.25) is 14.9 Å². The lowest BCUT2D eigenvalue weighted by Crippen LogP contribution is -2.46. The normalized spacial score (nSPS) is 20.3. The van der Waals surface area contributed by atoms with E-state index < -0.39 is 16.9 Å². The predicted octanol–water partition coefficient (Wildman–Crippen LogP) is 0.865. The SMILES string of the molecule is COc1cc(C(=O)NC2CC(O)C2)c([N+](=O)[O-])cc1OC. The van der Waals surface area contributed by atoms with Crippen LogP contribution in [0.4, 0.5) is 5.69 Å². The number of carbonyl (C=O) groups is 1. The number of nitrogens with zero attached hydrogens (tertiary/aromatic N) is 1. The maximum atomic E-state index is 12.2. The molecule has 0 bridgehead atoms. The van der Waals surface area contributed by atoms with Gasteiger partial charge in [0, 0.05) is 12.1 Å². The number of hydrogen-bond donors (Lipinski definition) is 2. The Bertz CT molecular complexity index is 568. The number of ether oxygens (including phenoxy) is 2. The third kappa shape index (κ3) is 3.05. The standard InChI is InChI=1S/C13H16N2O6/c1-20-11-5-9(10(15(18)19)6-12(11)21-2)13(17)14-7-3-8(16)4-7/h5-8,16H,3-4H2,1-2H3,(H,14,17). The van der Waals surface area contributed by atoms with Crippen LogP contribution in [0.5, 0.6) is 11.5 Å². The third-order valence-electron chi connectivity index (χ3n) is 3.39. The average Bonchev–Trinajstić information content (AvgIpc) is 2.43. The summed E-state index contributed by atoms with van der Waals surface area (Å²) < 4.78 is 10.1. The highest BCUT2D eigenvalue weighted by Crippen LogP contribution is 2.34. The molecule has 0 unspecified atom stereocenters.